The Morgan fingerprint density at radius 3 is 1.66 bits per heavy atom. The van der Waals surface area contributed by atoms with Crippen LogP contribution in [0.4, 0.5) is 11.4 Å². The number of esters is 1. The van der Waals surface area contributed by atoms with Crippen LogP contribution in [0.5, 0.6) is 0 Å². The lowest BCUT2D eigenvalue weighted by Gasteiger charge is -2.23. The van der Waals surface area contributed by atoms with Crippen LogP contribution < -0.4 is 0 Å². The number of nitriles is 1. The molecule has 11 nitrogen and oxygen atoms in total. The van der Waals surface area contributed by atoms with Crippen molar-refractivity contribution in [3.8, 4) is 6.07 Å². The fourth-order valence-corrected chi connectivity index (χ4v) is 3.08. The summed E-state index contributed by atoms with van der Waals surface area (Å²) in [6, 6.07) is 11.6. The van der Waals surface area contributed by atoms with E-state index >= 15 is 0 Å². The van der Waals surface area contributed by atoms with Gasteiger partial charge in [0.05, 0.1) is 33.6 Å². The first-order valence-corrected chi connectivity index (χ1v) is 9.28. The van der Waals surface area contributed by atoms with E-state index in [1.807, 2.05) is 0 Å². The van der Waals surface area contributed by atoms with Crippen molar-refractivity contribution in [1.29, 1.82) is 5.26 Å². The summed E-state index contributed by atoms with van der Waals surface area (Å²) in [5.74, 6) is -3.04. The summed E-state index contributed by atoms with van der Waals surface area (Å²) in [6.07, 6.45) is -1.78. The molecule has 0 aliphatic rings. The molecule has 2 rings (SSSR count). The van der Waals surface area contributed by atoms with Gasteiger partial charge in [0, 0.05) is 25.0 Å². The Kier molecular flexibility index (Phi) is 7.47. The lowest BCUT2D eigenvalue weighted by Crippen LogP contribution is -2.36. The van der Waals surface area contributed by atoms with Crippen LogP contribution in [0.25, 0.3) is 0 Å². The predicted molar refractivity (Wildman–Crippen MR) is 109 cm³/mol. The minimum absolute atomic E-state index is 0.165. The van der Waals surface area contributed by atoms with Gasteiger partial charge in [-0.25, -0.2) is 0 Å². The van der Waals surface area contributed by atoms with Crippen LogP contribution in [-0.2, 0) is 9.53 Å². The first kappa shape index (κ1) is 23.8. The molecule has 0 aromatic heterocycles. The highest BCUT2D eigenvalue weighted by atomic mass is 16.6. The van der Waals surface area contributed by atoms with Gasteiger partial charge >= 0.3 is 5.97 Å². The third-order valence-electron chi connectivity index (χ3n) is 4.61. The molecule has 0 fully saturated rings. The van der Waals surface area contributed by atoms with Crippen LogP contribution in [0.1, 0.15) is 40.5 Å². The molecule has 0 aliphatic carbocycles. The fourth-order valence-electron chi connectivity index (χ4n) is 3.08. The van der Waals surface area contributed by atoms with Crippen LogP contribution in [0.2, 0.25) is 0 Å². The molecule has 0 saturated heterocycles. The number of hydrogen-bond donors (Lipinski definition) is 0. The molecule has 0 atom stereocenters. The summed E-state index contributed by atoms with van der Waals surface area (Å²) in [7, 11) is 0. The van der Waals surface area contributed by atoms with E-state index in [1.54, 1.807) is 6.07 Å². The molecule has 0 aliphatic heterocycles. The Bertz CT molecular complexity index is 1060. The zero-order valence-electron chi connectivity index (χ0n) is 16.8. The van der Waals surface area contributed by atoms with Gasteiger partial charge in [0.15, 0.2) is 17.0 Å². The lowest BCUT2D eigenvalue weighted by atomic mass is 9.77. The van der Waals surface area contributed by atoms with E-state index in [0.717, 1.165) is 24.3 Å². The summed E-state index contributed by atoms with van der Waals surface area (Å²) < 4.78 is 4.89. The van der Waals surface area contributed by atoms with Crippen molar-refractivity contribution < 1.29 is 29.0 Å². The molecule has 2 aromatic carbocycles. The maximum Gasteiger partial charge on any atom is 0.327 e. The summed E-state index contributed by atoms with van der Waals surface area (Å²) in [6.45, 7) is 1.29. The fraction of sp³-hybridized carbons (Fsp3) is 0.238. The molecular weight excluding hydrogens is 422 g/mol. The standard InChI is InChI=1S/C21H17N3O8/c1-2-32-20(27)21(13-22,11-18(25)14-7-3-5-9-16(14)23(28)29)12-19(26)15-8-4-6-10-17(15)24(30)31/h3-10H,2,11-12H2,1H3. The van der Waals surface area contributed by atoms with Gasteiger partial charge in [-0.1, -0.05) is 24.3 Å². The van der Waals surface area contributed by atoms with Crippen molar-refractivity contribution in [3.63, 3.8) is 0 Å². The van der Waals surface area contributed by atoms with E-state index in [1.165, 1.54) is 31.2 Å². The molecule has 0 unspecified atom stereocenters. The largest absolute Gasteiger partial charge is 0.465 e. The first-order chi connectivity index (χ1) is 15.2. The number of Topliss-reactive ketones (excluding diaryl/α,β-unsaturated/α-hetero) is 2. The highest BCUT2D eigenvalue weighted by Gasteiger charge is 2.46. The van der Waals surface area contributed by atoms with E-state index < -0.39 is 57.0 Å². The van der Waals surface area contributed by atoms with Crippen LogP contribution >= 0.6 is 0 Å². The third-order valence-corrected chi connectivity index (χ3v) is 4.61. The third kappa shape index (κ3) is 4.99. The predicted octanol–water partition coefficient (Wildman–Crippen LogP) is 3.42. The number of para-hydroxylation sites is 2. The van der Waals surface area contributed by atoms with Gasteiger partial charge in [0.25, 0.3) is 11.4 Å². The van der Waals surface area contributed by atoms with Crippen molar-refractivity contribution in [1.82, 2.24) is 0 Å². The van der Waals surface area contributed by atoms with Gasteiger partial charge in [0.1, 0.15) is 0 Å². The van der Waals surface area contributed by atoms with Gasteiger partial charge in [-0.3, -0.25) is 34.6 Å². The van der Waals surface area contributed by atoms with Crippen molar-refractivity contribution in [3.05, 3.63) is 79.9 Å². The number of ether oxygens (including phenoxy) is 1. The topological polar surface area (TPSA) is 171 Å². The summed E-state index contributed by atoms with van der Waals surface area (Å²) in [5, 5.41) is 32.3. The molecule has 0 saturated carbocycles. The van der Waals surface area contributed by atoms with Gasteiger partial charge in [-0.15, -0.1) is 0 Å². The van der Waals surface area contributed by atoms with Gasteiger partial charge in [-0.05, 0) is 19.1 Å². The van der Waals surface area contributed by atoms with E-state index in [2.05, 4.69) is 0 Å². The quantitative estimate of drug-likeness (QED) is 0.233. The van der Waals surface area contributed by atoms with Crippen LogP contribution in [0.15, 0.2) is 48.5 Å². The maximum atomic E-state index is 12.9. The second-order valence-electron chi connectivity index (χ2n) is 6.66. The summed E-state index contributed by atoms with van der Waals surface area (Å²) in [5.41, 5.74) is -4.09. The molecule has 0 N–H and O–H groups in total. The monoisotopic (exact) mass is 439 g/mol. The summed E-state index contributed by atoms with van der Waals surface area (Å²) in [4.78, 5) is 59.3. The molecule has 0 amide bonds. The van der Waals surface area contributed by atoms with Gasteiger partial charge in [-0.2, -0.15) is 5.26 Å². The van der Waals surface area contributed by atoms with Crippen molar-refractivity contribution >= 4 is 28.9 Å². The molecule has 164 valence electrons. The first-order valence-electron chi connectivity index (χ1n) is 9.28. The van der Waals surface area contributed by atoms with Crippen LogP contribution in [0.3, 0.4) is 0 Å². The van der Waals surface area contributed by atoms with Crippen LogP contribution in [0, 0.1) is 37.0 Å². The van der Waals surface area contributed by atoms with Crippen molar-refractivity contribution in [2.24, 2.45) is 5.41 Å². The minimum atomic E-state index is -2.34. The van der Waals surface area contributed by atoms with E-state index in [0.29, 0.717) is 0 Å². The summed E-state index contributed by atoms with van der Waals surface area (Å²) >= 11 is 0. The Morgan fingerprint density at radius 2 is 1.31 bits per heavy atom. The van der Waals surface area contributed by atoms with Gasteiger partial charge in [0.2, 0.25) is 0 Å². The SMILES string of the molecule is CCOC(=O)C(C#N)(CC(=O)c1ccccc1[N+](=O)[O-])CC(=O)c1ccccc1[N+](=O)[O-]. The molecule has 0 radical (unpaired) electrons. The zero-order valence-corrected chi connectivity index (χ0v) is 16.8. The van der Waals surface area contributed by atoms with Crippen LogP contribution in [-0.4, -0.2) is 34.0 Å². The Hall–Kier alpha value is -4.46. The number of nitro benzene ring substituents is 2. The number of ketones is 2. The number of rotatable bonds is 10. The number of hydrogen-bond acceptors (Lipinski definition) is 9. The number of carbonyl (C=O) groups is 3. The molecule has 32 heavy (non-hydrogen) atoms. The molecule has 0 heterocycles. The Morgan fingerprint density at radius 1 is 0.906 bits per heavy atom. The average molecular weight is 439 g/mol. The molecule has 0 spiro atoms. The average Bonchev–Trinajstić information content (AvgIpc) is 2.78. The molecular formula is C21H17N3O8. The highest BCUT2D eigenvalue weighted by Crippen LogP contribution is 2.34. The second kappa shape index (κ2) is 10.0. The molecule has 0 bridgehead atoms. The van der Waals surface area contributed by atoms with Crippen molar-refractivity contribution in [2.75, 3.05) is 6.61 Å². The van der Waals surface area contributed by atoms with E-state index in [9.17, 15) is 39.9 Å². The number of nitrogens with zero attached hydrogens (tertiary/aromatic N) is 3. The Labute approximate surface area is 181 Å². The number of carbonyl (C=O) groups excluding carboxylic acids is 3. The van der Waals surface area contributed by atoms with E-state index in [4.69, 9.17) is 4.74 Å². The normalized spacial score (nSPS) is 10.6. The Balaban J connectivity index is 2.50. The zero-order chi connectivity index (χ0) is 23.9. The smallest absolute Gasteiger partial charge is 0.327 e. The minimum Gasteiger partial charge on any atom is -0.465 e. The van der Waals surface area contributed by atoms with E-state index in [-0.39, 0.29) is 17.7 Å². The number of benzene rings is 2. The number of nitro groups is 2. The maximum absolute atomic E-state index is 12.9. The lowest BCUT2D eigenvalue weighted by molar-refractivity contribution is -0.385. The van der Waals surface area contributed by atoms with Gasteiger partial charge < -0.3 is 4.74 Å². The second-order valence-corrected chi connectivity index (χ2v) is 6.66. The highest BCUT2D eigenvalue weighted by molar-refractivity contribution is 6.06. The molecule has 11 heteroatoms. The molecule has 2 aromatic rings. The van der Waals surface area contributed by atoms with Crippen molar-refractivity contribution in [2.45, 2.75) is 19.8 Å².